The summed E-state index contributed by atoms with van der Waals surface area (Å²) >= 11 is 0. The molecule has 0 atom stereocenters. The van der Waals surface area contributed by atoms with Gasteiger partial charge in [0.1, 0.15) is 0 Å². The summed E-state index contributed by atoms with van der Waals surface area (Å²) in [5.74, 6) is 1.69. The molecule has 7 heteroatoms. The zero-order valence-corrected chi connectivity index (χ0v) is 36.9. The summed E-state index contributed by atoms with van der Waals surface area (Å²) in [4.78, 5) is 14.4. The topological polar surface area (TPSA) is 56.7 Å². The molecule has 287 valence electrons. The molecule has 1 fully saturated rings. The van der Waals surface area contributed by atoms with Crippen LogP contribution in [0.2, 0.25) is 19.6 Å². The first-order valence-electron chi connectivity index (χ1n) is 19.7. The summed E-state index contributed by atoms with van der Waals surface area (Å²) in [5.41, 5.74) is 11.3. The number of hydrogen-bond acceptors (Lipinski definition) is 4. The molecule has 9 rings (SSSR count). The molecule has 1 radical (unpaired) electrons. The molecule has 4 heterocycles. The molecule has 4 aromatic heterocycles. The van der Waals surface area contributed by atoms with Gasteiger partial charge in [-0.25, -0.2) is 4.98 Å². The third kappa shape index (κ3) is 8.09. The van der Waals surface area contributed by atoms with Crippen LogP contribution in [0.1, 0.15) is 63.3 Å². The number of imidazole rings is 1. The average molecular weight is 931 g/mol. The molecule has 0 bridgehead atoms. The van der Waals surface area contributed by atoms with Gasteiger partial charge in [-0.05, 0) is 77.5 Å². The first-order chi connectivity index (χ1) is 26.4. The Kier molecular flexibility index (Phi) is 11.3. The molecule has 0 N–H and O–H groups in total. The second-order valence-corrected chi connectivity index (χ2v) is 22.2. The van der Waals surface area contributed by atoms with E-state index in [1.807, 2.05) is 55.5 Å². The van der Waals surface area contributed by atoms with E-state index in [0.717, 1.165) is 67.3 Å². The van der Waals surface area contributed by atoms with E-state index in [1.54, 1.807) is 10.8 Å². The van der Waals surface area contributed by atoms with E-state index in [2.05, 4.69) is 123 Å². The number of rotatable bonds is 6. The van der Waals surface area contributed by atoms with Crippen LogP contribution in [0.25, 0.3) is 61.4 Å². The predicted octanol–water partition coefficient (Wildman–Crippen LogP) is 12.2. The van der Waals surface area contributed by atoms with E-state index in [-0.39, 0.29) is 25.5 Å². The van der Waals surface area contributed by atoms with E-state index < -0.39 is 8.07 Å². The van der Waals surface area contributed by atoms with E-state index >= 15 is 0 Å². The van der Waals surface area contributed by atoms with Crippen LogP contribution < -0.4 is 5.19 Å². The summed E-state index contributed by atoms with van der Waals surface area (Å²) in [6.07, 6.45) is 9.03. The molecule has 8 aromatic rings. The normalized spacial score (nSPS) is 13.6. The van der Waals surface area contributed by atoms with Crippen molar-refractivity contribution >= 4 is 46.4 Å². The Balaban J connectivity index is 0.000000183. The van der Waals surface area contributed by atoms with E-state index in [1.165, 1.54) is 37.7 Å². The molecule has 0 spiro atoms. The maximum atomic E-state index is 6.27. The van der Waals surface area contributed by atoms with Gasteiger partial charge in [-0.2, -0.15) is 0 Å². The zero-order valence-electron chi connectivity index (χ0n) is 33.5. The molecule has 1 aliphatic carbocycles. The van der Waals surface area contributed by atoms with Crippen LogP contribution in [0.3, 0.4) is 0 Å². The monoisotopic (exact) mass is 931 g/mol. The Bertz CT molecular complexity index is 2610. The molecule has 0 aliphatic heterocycles. The Labute approximate surface area is 346 Å². The van der Waals surface area contributed by atoms with Gasteiger partial charge in [0.05, 0.1) is 30.5 Å². The van der Waals surface area contributed by atoms with Crippen molar-refractivity contribution in [3.8, 4) is 28.3 Å². The van der Waals surface area contributed by atoms with Gasteiger partial charge in [-0.15, -0.1) is 54.1 Å². The van der Waals surface area contributed by atoms with Crippen molar-refractivity contribution in [1.29, 1.82) is 0 Å². The minimum Gasteiger partial charge on any atom is -0.486 e. The van der Waals surface area contributed by atoms with E-state index in [9.17, 15) is 0 Å². The van der Waals surface area contributed by atoms with Crippen LogP contribution in [0.15, 0.2) is 114 Å². The summed E-state index contributed by atoms with van der Waals surface area (Å²) in [6, 6.07) is 42.2. The predicted molar refractivity (Wildman–Crippen MR) is 231 cm³/mol. The fraction of sp³-hybridized carbons (Fsp3) is 0.286. The maximum Gasteiger partial charge on any atom is 0.216 e. The largest absolute Gasteiger partial charge is 0.486 e. The molecule has 1 saturated carbocycles. The fourth-order valence-electron chi connectivity index (χ4n) is 8.01. The van der Waals surface area contributed by atoms with Gasteiger partial charge in [-0.1, -0.05) is 113 Å². The van der Waals surface area contributed by atoms with Crippen molar-refractivity contribution in [3.05, 3.63) is 138 Å². The van der Waals surface area contributed by atoms with Crippen LogP contribution in [-0.2, 0) is 31.9 Å². The second kappa shape index (κ2) is 16.1. The molecule has 56 heavy (non-hydrogen) atoms. The summed E-state index contributed by atoms with van der Waals surface area (Å²) < 4.78 is 8.47. The molecular weight excluding hydrogens is 881 g/mol. The SMILES string of the molecule is C[Si](C)(C)c1cnc(-c2[c-]cccc2)cc1CC1CCCC1.Cc1ccc2c(n1)oc1c(-c3nc4ccccc4n3-c3ccc(C(C)(C)C)cc3)[c-]ccc12.[Ir]. The Hall–Kier alpha value is -4.68. The van der Waals surface area contributed by atoms with Gasteiger partial charge in [0.15, 0.2) is 0 Å². The van der Waals surface area contributed by atoms with Crippen molar-refractivity contribution in [2.75, 3.05) is 0 Å². The van der Waals surface area contributed by atoms with E-state index in [0.29, 0.717) is 5.71 Å². The average Bonchev–Trinajstić information content (AvgIpc) is 3.92. The Morgan fingerprint density at radius 1 is 0.821 bits per heavy atom. The number of hydrogen-bond donors (Lipinski definition) is 0. The Morgan fingerprint density at radius 2 is 1.57 bits per heavy atom. The number of benzene rings is 4. The first-order valence-corrected chi connectivity index (χ1v) is 23.2. The second-order valence-electron chi connectivity index (χ2n) is 17.2. The quantitative estimate of drug-likeness (QED) is 0.123. The molecule has 1 aliphatic rings. The van der Waals surface area contributed by atoms with Crippen LogP contribution in [0, 0.1) is 25.0 Å². The van der Waals surface area contributed by atoms with E-state index in [4.69, 9.17) is 14.4 Å². The van der Waals surface area contributed by atoms with Crippen LogP contribution in [-0.4, -0.2) is 27.6 Å². The molecular formula is C49H50IrN4OSi-2. The van der Waals surface area contributed by atoms with Gasteiger partial charge in [0, 0.05) is 43.1 Å². The van der Waals surface area contributed by atoms with Gasteiger partial charge in [0.2, 0.25) is 5.71 Å². The van der Waals surface area contributed by atoms with Crippen molar-refractivity contribution in [1.82, 2.24) is 19.5 Å². The van der Waals surface area contributed by atoms with Crippen molar-refractivity contribution in [3.63, 3.8) is 0 Å². The molecule has 0 saturated heterocycles. The van der Waals surface area contributed by atoms with Crippen molar-refractivity contribution < 1.29 is 24.5 Å². The molecule has 0 amide bonds. The van der Waals surface area contributed by atoms with Gasteiger partial charge in [-0.3, -0.25) is 4.98 Å². The summed E-state index contributed by atoms with van der Waals surface area (Å²) in [6.45, 7) is 15.9. The molecule has 0 unspecified atom stereocenters. The fourth-order valence-corrected chi connectivity index (χ4v) is 9.60. The minimum atomic E-state index is -1.35. The minimum absolute atomic E-state index is 0. The number of nitrogens with zero attached hydrogens (tertiary/aromatic N) is 4. The number of fused-ring (bicyclic) bond motifs is 4. The Morgan fingerprint density at radius 3 is 2.29 bits per heavy atom. The number of aryl methyl sites for hydroxylation is 1. The number of furan rings is 1. The number of para-hydroxylation sites is 2. The maximum absolute atomic E-state index is 6.27. The summed E-state index contributed by atoms with van der Waals surface area (Å²) in [5, 5.41) is 3.56. The first kappa shape index (κ1) is 39.5. The van der Waals surface area contributed by atoms with Crippen molar-refractivity contribution in [2.24, 2.45) is 5.92 Å². The zero-order chi connectivity index (χ0) is 38.3. The van der Waals surface area contributed by atoms with Gasteiger partial charge in [0.25, 0.3) is 0 Å². The van der Waals surface area contributed by atoms with Crippen LogP contribution in [0.4, 0.5) is 0 Å². The van der Waals surface area contributed by atoms with Gasteiger partial charge >= 0.3 is 0 Å². The third-order valence-corrected chi connectivity index (χ3v) is 13.0. The van der Waals surface area contributed by atoms with Crippen molar-refractivity contribution in [2.45, 2.75) is 84.9 Å². The van der Waals surface area contributed by atoms with Gasteiger partial charge < -0.3 is 14.0 Å². The van der Waals surface area contributed by atoms with Crippen LogP contribution >= 0.6 is 0 Å². The molecule has 5 nitrogen and oxygen atoms in total. The number of aromatic nitrogens is 4. The number of pyridine rings is 2. The smallest absolute Gasteiger partial charge is 0.216 e. The molecule has 4 aromatic carbocycles. The standard InChI is InChI=1S/C29H24N3O.C20H26NSi.Ir/c1-18-12-17-22-21-8-7-9-23(26(21)33-28(22)30-18)27-31-24-10-5-6-11-25(24)32(27)20-15-13-19(14-16-20)29(2,3)4;1-22(2,3)20-15-21-19(17-11-5-4-6-12-17)14-18(20)13-16-9-7-8-10-16;/h5-8,10-17H,1-4H3;4-6,11,14-16H,7-10,13H2,1-3H3;/q2*-1;. The third-order valence-electron chi connectivity index (χ3n) is 11.0. The summed E-state index contributed by atoms with van der Waals surface area (Å²) in [7, 11) is -1.35. The van der Waals surface area contributed by atoms with Crippen LogP contribution in [0.5, 0.6) is 0 Å².